The Bertz CT molecular complexity index is 432. The molecule has 0 saturated carbocycles. The number of ether oxygens (including phenoxy) is 1. The van der Waals surface area contributed by atoms with Crippen molar-refractivity contribution in [1.29, 1.82) is 0 Å². The van der Waals surface area contributed by atoms with Crippen molar-refractivity contribution in [3.05, 3.63) is 42.2 Å². The van der Waals surface area contributed by atoms with Crippen molar-refractivity contribution >= 4 is 5.91 Å². The summed E-state index contributed by atoms with van der Waals surface area (Å²) in [5.74, 6) is -0.630. The van der Waals surface area contributed by atoms with Gasteiger partial charge in [-0.1, -0.05) is 6.08 Å². The van der Waals surface area contributed by atoms with Gasteiger partial charge in [-0.25, -0.2) is 4.39 Å². The first kappa shape index (κ1) is 14.2. The molecule has 1 amide bonds. The van der Waals surface area contributed by atoms with E-state index in [1.165, 1.54) is 19.1 Å². The maximum absolute atomic E-state index is 13.5. The monoisotopic (exact) mass is 253 g/mol. The lowest BCUT2D eigenvalue weighted by molar-refractivity contribution is -0.122. The number of nitrogens with one attached hydrogen (secondary N) is 1. The Kier molecular flexibility index (Phi) is 5.32. The summed E-state index contributed by atoms with van der Waals surface area (Å²) in [4.78, 5) is 11.2. The van der Waals surface area contributed by atoms with E-state index in [4.69, 9.17) is 4.74 Å². The molecule has 0 radical (unpaired) electrons. The minimum atomic E-state index is -0.880. The van der Waals surface area contributed by atoms with Crippen LogP contribution in [0.15, 0.2) is 30.9 Å². The van der Waals surface area contributed by atoms with E-state index in [0.29, 0.717) is 6.54 Å². The summed E-state index contributed by atoms with van der Waals surface area (Å²) in [5, 5.41) is 11.8. The van der Waals surface area contributed by atoms with Crippen molar-refractivity contribution < 1.29 is 19.0 Å². The van der Waals surface area contributed by atoms with Gasteiger partial charge in [-0.3, -0.25) is 4.79 Å². The molecule has 0 aliphatic rings. The van der Waals surface area contributed by atoms with E-state index in [1.807, 2.05) is 0 Å². The summed E-state index contributed by atoms with van der Waals surface area (Å²) in [6.45, 7) is 5.10. The van der Waals surface area contributed by atoms with Crippen LogP contribution in [0.2, 0.25) is 0 Å². The summed E-state index contributed by atoms with van der Waals surface area (Å²) in [6.07, 6.45) is 0.671. The largest absolute Gasteiger partial charge is 0.484 e. The van der Waals surface area contributed by atoms with E-state index in [9.17, 15) is 14.3 Å². The van der Waals surface area contributed by atoms with Gasteiger partial charge in [0.2, 0.25) is 0 Å². The first-order valence-electron chi connectivity index (χ1n) is 5.52. The smallest absolute Gasteiger partial charge is 0.258 e. The van der Waals surface area contributed by atoms with Crippen LogP contribution in [-0.2, 0) is 4.79 Å². The van der Waals surface area contributed by atoms with Gasteiger partial charge in [0.25, 0.3) is 5.91 Å². The normalized spacial score (nSPS) is 11.7. The Labute approximate surface area is 105 Å². The fraction of sp³-hybridized carbons (Fsp3) is 0.308. The van der Waals surface area contributed by atoms with E-state index in [2.05, 4.69) is 11.9 Å². The maximum atomic E-state index is 13.5. The molecule has 1 atom stereocenters. The van der Waals surface area contributed by atoms with Crippen LogP contribution >= 0.6 is 0 Å². The highest BCUT2D eigenvalue weighted by atomic mass is 19.1. The van der Waals surface area contributed by atoms with Crippen molar-refractivity contribution in [2.45, 2.75) is 13.0 Å². The van der Waals surface area contributed by atoms with Crippen molar-refractivity contribution in [3.63, 3.8) is 0 Å². The van der Waals surface area contributed by atoms with Crippen molar-refractivity contribution in [2.24, 2.45) is 0 Å². The molecule has 98 valence electrons. The number of rotatable bonds is 6. The number of hydrogen-bond donors (Lipinski definition) is 2. The predicted octanol–water partition coefficient (Wildman–Crippen LogP) is 1.56. The zero-order chi connectivity index (χ0) is 13.5. The Hall–Kier alpha value is -1.88. The fourth-order valence-electron chi connectivity index (χ4n) is 1.32. The van der Waals surface area contributed by atoms with E-state index in [-0.39, 0.29) is 23.8 Å². The minimum absolute atomic E-state index is 0.193. The lowest BCUT2D eigenvalue weighted by Crippen LogP contribution is -2.28. The third-order valence-corrected chi connectivity index (χ3v) is 2.24. The number of carbonyl (C=O) groups is 1. The standard InChI is InChI=1S/C13H16FNO3/c1-3-6-15-13(17)8-18-10-4-5-11(9(2)16)12(14)7-10/h3-5,7,9,16H,1,6,8H2,2H3,(H,15,17)/t9-/m1/s1. The molecular formula is C13H16FNO3. The lowest BCUT2D eigenvalue weighted by atomic mass is 10.1. The third kappa shape index (κ3) is 4.18. The summed E-state index contributed by atoms with van der Waals surface area (Å²) in [5.41, 5.74) is 0.193. The Balaban J connectivity index is 2.56. The molecule has 0 aromatic heterocycles. The Morgan fingerprint density at radius 1 is 1.67 bits per heavy atom. The van der Waals surface area contributed by atoms with Crippen LogP contribution in [0.25, 0.3) is 0 Å². The molecule has 0 bridgehead atoms. The molecule has 0 unspecified atom stereocenters. The highest BCUT2D eigenvalue weighted by molar-refractivity contribution is 5.77. The molecule has 4 nitrogen and oxygen atoms in total. The Morgan fingerprint density at radius 2 is 2.39 bits per heavy atom. The van der Waals surface area contributed by atoms with Gasteiger partial charge in [-0.2, -0.15) is 0 Å². The van der Waals surface area contributed by atoms with Gasteiger partial charge in [0.05, 0.1) is 6.10 Å². The quantitative estimate of drug-likeness (QED) is 0.756. The number of hydrogen-bond acceptors (Lipinski definition) is 3. The summed E-state index contributed by atoms with van der Waals surface area (Å²) < 4.78 is 18.6. The Morgan fingerprint density at radius 3 is 2.94 bits per heavy atom. The van der Waals surface area contributed by atoms with Gasteiger partial charge in [-0.15, -0.1) is 6.58 Å². The number of halogens is 1. The van der Waals surface area contributed by atoms with Crippen LogP contribution in [-0.4, -0.2) is 24.2 Å². The molecule has 0 fully saturated rings. The van der Waals surface area contributed by atoms with E-state index in [1.54, 1.807) is 6.08 Å². The van der Waals surface area contributed by atoms with Gasteiger partial charge >= 0.3 is 0 Å². The third-order valence-electron chi connectivity index (χ3n) is 2.24. The number of amides is 1. The second-order valence-electron chi connectivity index (χ2n) is 3.74. The van der Waals surface area contributed by atoms with Crippen LogP contribution < -0.4 is 10.1 Å². The van der Waals surface area contributed by atoms with Gasteiger partial charge in [0, 0.05) is 18.2 Å². The van der Waals surface area contributed by atoms with Crippen LogP contribution in [0.1, 0.15) is 18.6 Å². The van der Waals surface area contributed by atoms with Gasteiger partial charge in [0.1, 0.15) is 11.6 Å². The highest BCUT2D eigenvalue weighted by Gasteiger charge is 2.09. The maximum Gasteiger partial charge on any atom is 0.258 e. The van der Waals surface area contributed by atoms with E-state index in [0.717, 1.165) is 6.07 Å². The second kappa shape index (κ2) is 6.76. The zero-order valence-corrected chi connectivity index (χ0v) is 10.1. The molecule has 0 heterocycles. The summed E-state index contributed by atoms with van der Waals surface area (Å²) in [6, 6.07) is 4.08. The molecule has 1 rings (SSSR count). The highest BCUT2D eigenvalue weighted by Crippen LogP contribution is 2.21. The summed E-state index contributed by atoms with van der Waals surface area (Å²) in [7, 11) is 0. The number of aliphatic hydroxyl groups excluding tert-OH is 1. The second-order valence-corrected chi connectivity index (χ2v) is 3.74. The molecule has 2 N–H and O–H groups in total. The fourth-order valence-corrected chi connectivity index (χ4v) is 1.32. The molecule has 1 aromatic carbocycles. The van der Waals surface area contributed by atoms with Crippen molar-refractivity contribution in [3.8, 4) is 5.75 Å². The zero-order valence-electron chi connectivity index (χ0n) is 10.1. The molecule has 0 aliphatic heterocycles. The SMILES string of the molecule is C=CCNC(=O)COc1ccc([C@@H](C)O)c(F)c1. The molecule has 5 heteroatoms. The number of benzene rings is 1. The lowest BCUT2D eigenvalue weighted by Gasteiger charge is -2.09. The van der Waals surface area contributed by atoms with Crippen molar-refractivity contribution in [1.82, 2.24) is 5.32 Å². The summed E-state index contributed by atoms with van der Waals surface area (Å²) >= 11 is 0. The molecule has 0 saturated heterocycles. The first-order valence-corrected chi connectivity index (χ1v) is 5.52. The molecule has 18 heavy (non-hydrogen) atoms. The average Bonchev–Trinajstić information content (AvgIpc) is 2.33. The van der Waals surface area contributed by atoms with E-state index >= 15 is 0 Å². The van der Waals surface area contributed by atoms with Gasteiger partial charge in [0.15, 0.2) is 6.61 Å². The van der Waals surface area contributed by atoms with Crippen molar-refractivity contribution in [2.75, 3.05) is 13.2 Å². The van der Waals surface area contributed by atoms with Gasteiger partial charge < -0.3 is 15.2 Å². The van der Waals surface area contributed by atoms with Crippen LogP contribution in [0.3, 0.4) is 0 Å². The molecular weight excluding hydrogens is 237 g/mol. The van der Waals surface area contributed by atoms with Crippen LogP contribution in [0.4, 0.5) is 4.39 Å². The van der Waals surface area contributed by atoms with Crippen LogP contribution in [0.5, 0.6) is 5.75 Å². The minimum Gasteiger partial charge on any atom is -0.484 e. The molecule has 0 spiro atoms. The average molecular weight is 253 g/mol. The number of carbonyl (C=O) groups excluding carboxylic acids is 1. The molecule has 1 aromatic rings. The van der Waals surface area contributed by atoms with Gasteiger partial charge in [-0.05, 0) is 19.1 Å². The van der Waals surface area contributed by atoms with E-state index < -0.39 is 11.9 Å². The topological polar surface area (TPSA) is 58.6 Å². The molecule has 0 aliphatic carbocycles. The first-order chi connectivity index (χ1) is 8.54. The van der Waals surface area contributed by atoms with Crippen LogP contribution in [0, 0.1) is 5.82 Å². The number of aliphatic hydroxyl groups is 1. The predicted molar refractivity (Wildman–Crippen MR) is 65.7 cm³/mol.